The predicted molar refractivity (Wildman–Crippen MR) is 159 cm³/mol. The second kappa shape index (κ2) is 14.2. The van der Waals surface area contributed by atoms with Gasteiger partial charge in [-0.1, -0.05) is 61.8 Å². The van der Waals surface area contributed by atoms with Crippen LogP contribution in [0.15, 0.2) is 78.9 Å². The van der Waals surface area contributed by atoms with E-state index in [0.717, 1.165) is 17.0 Å². The molecule has 40 heavy (non-hydrogen) atoms. The molecule has 0 saturated carbocycles. The first kappa shape index (κ1) is 31.0. The minimum Gasteiger partial charge on any atom is -0.457 e. The van der Waals surface area contributed by atoms with Crippen molar-refractivity contribution in [3.05, 3.63) is 89.4 Å². The number of sulfonamides is 1. The molecule has 2 amide bonds. The summed E-state index contributed by atoms with van der Waals surface area (Å²) in [6, 6.07) is 21.8. The number of hydrogen-bond acceptors (Lipinski definition) is 5. The van der Waals surface area contributed by atoms with E-state index in [4.69, 9.17) is 16.3 Å². The van der Waals surface area contributed by atoms with Crippen LogP contribution in [-0.4, -0.2) is 50.0 Å². The Morgan fingerprint density at radius 1 is 0.900 bits per heavy atom. The number of carbonyl (C=O) groups excluding carboxylic acids is 2. The molecule has 0 saturated heterocycles. The fourth-order valence-corrected chi connectivity index (χ4v) is 5.13. The summed E-state index contributed by atoms with van der Waals surface area (Å²) < 4.78 is 32.6. The second-order valence-corrected chi connectivity index (χ2v) is 11.8. The number of amides is 2. The van der Waals surface area contributed by atoms with Gasteiger partial charge in [-0.25, -0.2) is 8.42 Å². The van der Waals surface area contributed by atoms with E-state index in [1.54, 1.807) is 48.5 Å². The van der Waals surface area contributed by atoms with E-state index in [1.165, 1.54) is 4.90 Å². The van der Waals surface area contributed by atoms with Crippen LogP contribution < -0.4 is 14.4 Å². The second-order valence-electron chi connectivity index (χ2n) is 9.53. The number of para-hydroxylation sites is 1. The van der Waals surface area contributed by atoms with Gasteiger partial charge in [-0.15, -0.1) is 0 Å². The highest BCUT2D eigenvalue weighted by molar-refractivity contribution is 7.92. The van der Waals surface area contributed by atoms with Gasteiger partial charge in [0.05, 0.1) is 11.9 Å². The fraction of sp³-hybridized carbons (Fsp3) is 0.333. The number of nitrogens with zero attached hydrogens (tertiary/aromatic N) is 2. The van der Waals surface area contributed by atoms with Gasteiger partial charge in [0.1, 0.15) is 24.1 Å². The van der Waals surface area contributed by atoms with E-state index in [9.17, 15) is 18.0 Å². The monoisotopic (exact) mass is 585 g/mol. The molecule has 0 aliphatic heterocycles. The zero-order chi connectivity index (χ0) is 29.3. The van der Waals surface area contributed by atoms with Crippen molar-refractivity contribution in [1.82, 2.24) is 10.2 Å². The van der Waals surface area contributed by atoms with Gasteiger partial charge in [0.2, 0.25) is 21.8 Å². The van der Waals surface area contributed by atoms with E-state index in [-0.39, 0.29) is 18.5 Å². The van der Waals surface area contributed by atoms with Gasteiger partial charge in [-0.05, 0) is 67.8 Å². The summed E-state index contributed by atoms with van der Waals surface area (Å²) in [5.41, 5.74) is 0.951. The van der Waals surface area contributed by atoms with Crippen LogP contribution in [0.25, 0.3) is 0 Å². The quantitative estimate of drug-likeness (QED) is 0.281. The molecular weight excluding hydrogens is 550 g/mol. The third-order valence-corrected chi connectivity index (χ3v) is 7.98. The Kier molecular flexibility index (Phi) is 11.0. The van der Waals surface area contributed by atoms with Crippen LogP contribution in [0.5, 0.6) is 11.5 Å². The molecule has 3 aromatic rings. The van der Waals surface area contributed by atoms with E-state index in [2.05, 4.69) is 5.32 Å². The molecule has 3 aromatic carbocycles. The van der Waals surface area contributed by atoms with Crippen LogP contribution in [0.3, 0.4) is 0 Å². The van der Waals surface area contributed by atoms with Gasteiger partial charge in [0.25, 0.3) is 0 Å². The van der Waals surface area contributed by atoms with Gasteiger partial charge in [-0.2, -0.15) is 0 Å². The summed E-state index contributed by atoms with van der Waals surface area (Å²) in [4.78, 5) is 28.5. The molecule has 0 fully saturated rings. The van der Waals surface area contributed by atoms with Crippen molar-refractivity contribution >= 4 is 39.1 Å². The maximum Gasteiger partial charge on any atom is 0.244 e. The van der Waals surface area contributed by atoms with Crippen molar-refractivity contribution in [3.8, 4) is 11.5 Å². The van der Waals surface area contributed by atoms with Crippen LogP contribution >= 0.6 is 11.6 Å². The van der Waals surface area contributed by atoms with E-state index < -0.39 is 28.5 Å². The molecule has 8 nitrogen and oxygen atoms in total. The lowest BCUT2D eigenvalue weighted by Gasteiger charge is -2.33. The molecule has 0 heterocycles. The molecular formula is C30H36ClN3O5S. The van der Waals surface area contributed by atoms with Crippen LogP contribution in [0, 0.1) is 0 Å². The average molecular weight is 586 g/mol. The third-order valence-electron chi connectivity index (χ3n) is 6.47. The summed E-state index contributed by atoms with van der Waals surface area (Å²) >= 11 is 6.40. The summed E-state index contributed by atoms with van der Waals surface area (Å²) in [7, 11) is -3.86. The van der Waals surface area contributed by atoms with Crippen molar-refractivity contribution in [2.75, 3.05) is 17.1 Å². The normalized spacial score (nSPS) is 12.7. The Labute approximate surface area is 241 Å². The SMILES string of the molecule is CCC(C)NC(=O)C(CC)N(Cc1ccccc1Cl)C(=O)CN(c1ccc(Oc2ccccc2)cc1)S(C)(=O)=O. The molecule has 1 N–H and O–H groups in total. The van der Waals surface area contributed by atoms with Crippen molar-refractivity contribution in [3.63, 3.8) is 0 Å². The van der Waals surface area contributed by atoms with Gasteiger partial charge in [-0.3, -0.25) is 13.9 Å². The first-order valence-corrected chi connectivity index (χ1v) is 15.4. The predicted octanol–water partition coefficient (Wildman–Crippen LogP) is 5.62. The zero-order valence-corrected chi connectivity index (χ0v) is 24.8. The molecule has 0 aliphatic rings. The minimum absolute atomic E-state index is 0.0480. The standard InChI is InChI=1S/C30H36ClN3O5S/c1-5-22(3)32-30(36)28(6-2)33(20-23-12-10-11-15-27(23)31)29(35)21-34(40(4,37)38)24-16-18-26(19-17-24)39-25-13-8-7-9-14-25/h7-19,22,28H,5-6,20-21H2,1-4H3,(H,32,36). The highest BCUT2D eigenvalue weighted by atomic mass is 35.5. The molecule has 0 radical (unpaired) electrons. The summed E-state index contributed by atoms with van der Waals surface area (Å²) in [6.45, 7) is 5.22. The highest BCUT2D eigenvalue weighted by Gasteiger charge is 2.32. The highest BCUT2D eigenvalue weighted by Crippen LogP contribution is 2.26. The minimum atomic E-state index is -3.86. The molecule has 0 bridgehead atoms. The molecule has 0 spiro atoms. The van der Waals surface area contributed by atoms with Gasteiger partial charge in [0, 0.05) is 17.6 Å². The summed E-state index contributed by atoms with van der Waals surface area (Å²) in [5.74, 6) is 0.330. The number of halogens is 1. The number of benzene rings is 3. The number of rotatable bonds is 13. The number of ether oxygens (including phenoxy) is 1. The van der Waals surface area contributed by atoms with Crippen LogP contribution in [0.1, 0.15) is 39.2 Å². The number of carbonyl (C=O) groups is 2. The number of nitrogens with one attached hydrogen (secondary N) is 1. The van der Waals surface area contributed by atoms with Crippen LogP contribution in [0.2, 0.25) is 5.02 Å². The molecule has 2 unspecified atom stereocenters. The molecule has 3 rings (SSSR count). The van der Waals surface area contributed by atoms with E-state index in [0.29, 0.717) is 34.2 Å². The Bertz CT molecular complexity index is 1380. The lowest BCUT2D eigenvalue weighted by atomic mass is 10.1. The van der Waals surface area contributed by atoms with Crippen molar-refractivity contribution < 1.29 is 22.7 Å². The van der Waals surface area contributed by atoms with E-state index in [1.807, 2.05) is 51.1 Å². The Balaban J connectivity index is 1.90. The number of hydrogen-bond donors (Lipinski definition) is 1. The maximum absolute atomic E-state index is 13.8. The fourth-order valence-electron chi connectivity index (χ4n) is 4.09. The molecule has 0 aromatic heterocycles. The first-order chi connectivity index (χ1) is 19.0. The molecule has 2 atom stereocenters. The van der Waals surface area contributed by atoms with Crippen molar-refractivity contribution in [2.45, 2.75) is 52.2 Å². The lowest BCUT2D eigenvalue weighted by molar-refractivity contribution is -0.140. The molecule has 10 heteroatoms. The lowest BCUT2D eigenvalue weighted by Crippen LogP contribution is -2.53. The maximum atomic E-state index is 13.8. The van der Waals surface area contributed by atoms with Gasteiger partial charge >= 0.3 is 0 Å². The molecule has 214 valence electrons. The van der Waals surface area contributed by atoms with Crippen molar-refractivity contribution in [2.24, 2.45) is 0 Å². The Morgan fingerprint density at radius 3 is 2.08 bits per heavy atom. The van der Waals surface area contributed by atoms with Crippen LogP contribution in [0.4, 0.5) is 5.69 Å². The topological polar surface area (TPSA) is 96.0 Å². The van der Waals surface area contributed by atoms with Gasteiger partial charge < -0.3 is 15.0 Å². The summed E-state index contributed by atoms with van der Waals surface area (Å²) in [5, 5.41) is 3.40. The largest absolute Gasteiger partial charge is 0.457 e. The van der Waals surface area contributed by atoms with Gasteiger partial charge in [0.15, 0.2) is 0 Å². The summed E-state index contributed by atoms with van der Waals surface area (Å²) in [6.07, 6.45) is 2.11. The molecule has 0 aliphatic carbocycles. The third kappa shape index (κ3) is 8.47. The van der Waals surface area contributed by atoms with Crippen molar-refractivity contribution in [1.29, 1.82) is 0 Å². The Morgan fingerprint density at radius 2 is 1.50 bits per heavy atom. The zero-order valence-electron chi connectivity index (χ0n) is 23.2. The van der Waals surface area contributed by atoms with E-state index >= 15 is 0 Å². The van der Waals surface area contributed by atoms with Crippen LogP contribution in [-0.2, 0) is 26.2 Å². The smallest absolute Gasteiger partial charge is 0.244 e. The Hall–Kier alpha value is -3.56. The number of anilines is 1. The first-order valence-electron chi connectivity index (χ1n) is 13.2. The average Bonchev–Trinajstić information content (AvgIpc) is 2.93.